The smallest absolute Gasteiger partial charge is 0.343 e. The van der Waals surface area contributed by atoms with Crippen molar-refractivity contribution in [2.24, 2.45) is 0 Å². The zero-order valence-corrected chi connectivity index (χ0v) is 15.2. The van der Waals surface area contributed by atoms with E-state index >= 15 is 0 Å². The molecule has 0 unspecified atom stereocenters. The molecule has 0 N–H and O–H groups in total. The van der Waals surface area contributed by atoms with Crippen molar-refractivity contribution in [2.75, 3.05) is 11.5 Å². The third-order valence-corrected chi connectivity index (χ3v) is 6.20. The van der Waals surface area contributed by atoms with Crippen LogP contribution in [0.1, 0.15) is 23.2 Å². The summed E-state index contributed by atoms with van der Waals surface area (Å²) < 4.78 is 5.32. The van der Waals surface area contributed by atoms with Gasteiger partial charge in [-0.05, 0) is 36.4 Å². The van der Waals surface area contributed by atoms with Crippen LogP contribution in [0.3, 0.4) is 0 Å². The molecule has 2 aromatic carbocycles. The molecule has 26 heavy (non-hydrogen) atoms. The second kappa shape index (κ2) is 6.45. The number of rotatable bonds is 4. The van der Waals surface area contributed by atoms with Crippen molar-refractivity contribution in [1.29, 1.82) is 0 Å². The van der Waals surface area contributed by atoms with E-state index in [1.54, 1.807) is 24.3 Å². The van der Waals surface area contributed by atoms with E-state index in [2.05, 4.69) is 0 Å². The van der Waals surface area contributed by atoms with Gasteiger partial charge in [-0.3, -0.25) is 14.5 Å². The highest BCUT2D eigenvalue weighted by Gasteiger charge is 2.58. The molecule has 2 aliphatic rings. The van der Waals surface area contributed by atoms with E-state index in [1.165, 1.54) is 16.7 Å². The van der Waals surface area contributed by atoms with Crippen molar-refractivity contribution in [3.05, 3.63) is 59.1 Å². The second-order valence-electron chi connectivity index (χ2n) is 6.09. The number of carbonyl (C=O) groups is 3. The van der Waals surface area contributed by atoms with Gasteiger partial charge in [-0.2, -0.15) is 0 Å². The normalized spacial score (nSPS) is 20.7. The number of para-hydroxylation sites is 1. The van der Waals surface area contributed by atoms with E-state index in [4.69, 9.17) is 16.3 Å². The molecule has 0 aliphatic carbocycles. The van der Waals surface area contributed by atoms with Crippen molar-refractivity contribution in [2.45, 2.75) is 22.6 Å². The Balaban J connectivity index is 1.52. The number of thioether (sulfide) groups is 1. The Morgan fingerprint density at radius 3 is 2.65 bits per heavy atom. The van der Waals surface area contributed by atoms with Crippen molar-refractivity contribution in [1.82, 2.24) is 0 Å². The zero-order valence-electron chi connectivity index (χ0n) is 13.6. The Hall–Kier alpha value is -2.31. The quantitative estimate of drug-likeness (QED) is 0.591. The molecule has 7 heteroatoms. The molecule has 1 atom stereocenters. The van der Waals surface area contributed by atoms with Gasteiger partial charge in [0.2, 0.25) is 5.91 Å². The summed E-state index contributed by atoms with van der Waals surface area (Å²) in [7, 11) is 0. The number of halogens is 1. The fraction of sp³-hybridized carbons (Fsp3) is 0.211. The van der Waals surface area contributed by atoms with Crippen molar-refractivity contribution in [3.63, 3.8) is 0 Å². The average Bonchev–Trinajstić information content (AvgIpc) is 3.16. The minimum Gasteiger partial charge on any atom is -0.455 e. The summed E-state index contributed by atoms with van der Waals surface area (Å²) in [6.07, 6.45) is 0.640. The zero-order chi connectivity index (χ0) is 18.3. The summed E-state index contributed by atoms with van der Waals surface area (Å²) in [6, 6.07) is 13.8. The molecule has 2 aromatic rings. The van der Waals surface area contributed by atoms with Gasteiger partial charge in [0, 0.05) is 28.3 Å². The molecule has 1 amide bonds. The fourth-order valence-corrected chi connectivity index (χ4v) is 4.77. The molecule has 1 fully saturated rings. The summed E-state index contributed by atoms with van der Waals surface area (Å²) in [6.45, 7) is -0.374. The maximum absolute atomic E-state index is 12.8. The Bertz CT molecular complexity index is 914. The second-order valence-corrected chi connectivity index (χ2v) is 7.85. The Labute approximate surface area is 159 Å². The van der Waals surface area contributed by atoms with Gasteiger partial charge in [0.05, 0.1) is 5.69 Å². The van der Waals surface area contributed by atoms with E-state index in [1.807, 2.05) is 24.3 Å². The number of hydrogen-bond donors (Lipinski definition) is 0. The van der Waals surface area contributed by atoms with Crippen LogP contribution >= 0.6 is 23.4 Å². The van der Waals surface area contributed by atoms with Gasteiger partial charge in [-0.1, -0.05) is 35.5 Å². The summed E-state index contributed by atoms with van der Waals surface area (Å²) in [5.74, 6) is -0.988. The first-order valence-corrected chi connectivity index (χ1v) is 9.28. The lowest BCUT2D eigenvalue weighted by molar-refractivity contribution is -0.145. The number of ether oxygens (including phenoxy) is 1. The minimum absolute atomic E-state index is 0.108. The van der Waals surface area contributed by atoms with Gasteiger partial charge in [-0.15, -0.1) is 0 Å². The molecule has 1 saturated heterocycles. The lowest BCUT2D eigenvalue weighted by Crippen LogP contribution is -2.48. The van der Waals surface area contributed by atoms with E-state index in [-0.39, 0.29) is 24.7 Å². The maximum atomic E-state index is 12.8. The number of anilines is 1. The van der Waals surface area contributed by atoms with Crippen LogP contribution in [-0.2, 0) is 14.3 Å². The van der Waals surface area contributed by atoms with E-state index in [9.17, 15) is 14.4 Å². The highest BCUT2D eigenvalue weighted by atomic mass is 35.5. The Morgan fingerprint density at radius 2 is 1.88 bits per heavy atom. The fourth-order valence-electron chi connectivity index (χ4n) is 3.24. The molecule has 5 nitrogen and oxygen atoms in total. The molecule has 2 aliphatic heterocycles. The van der Waals surface area contributed by atoms with Crippen molar-refractivity contribution >= 4 is 46.7 Å². The molecule has 0 spiro atoms. The summed E-state index contributed by atoms with van der Waals surface area (Å²) >= 11 is 7.13. The number of fused-ring (bicyclic) bond motifs is 3. The van der Waals surface area contributed by atoms with Gasteiger partial charge in [0.15, 0.2) is 17.3 Å². The predicted molar refractivity (Wildman–Crippen MR) is 98.5 cm³/mol. The number of amides is 1. The number of hydrogen-bond acceptors (Lipinski definition) is 5. The number of ketones is 1. The van der Waals surface area contributed by atoms with Crippen molar-refractivity contribution in [3.8, 4) is 0 Å². The van der Waals surface area contributed by atoms with E-state index < -0.39 is 10.8 Å². The van der Waals surface area contributed by atoms with Gasteiger partial charge in [0.25, 0.3) is 0 Å². The van der Waals surface area contributed by atoms with Gasteiger partial charge in [-0.25, -0.2) is 4.79 Å². The topological polar surface area (TPSA) is 63.7 Å². The molecule has 132 valence electrons. The molecule has 0 bridgehead atoms. The lowest BCUT2D eigenvalue weighted by atomic mass is 10.1. The highest BCUT2D eigenvalue weighted by molar-refractivity contribution is 8.02. The van der Waals surface area contributed by atoms with Gasteiger partial charge in [0.1, 0.15) is 0 Å². The first kappa shape index (κ1) is 17.1. The number of Topliss-reactive ketones (excluding diaryl/α,β-unsaturated/α-hetero) is 1. The van der Waals surface area contributed by atoms with Crippen molar-refractivity contribution < 1.29 is 19.1 Å². The maximum Gasteiger partial charge on any atom is 0.343 e. The van der Waals surface area contributed by atoms with Crippen LogP contribution in [0.5, 0.6) is 0 Å². The van der Waals surface area contributed by atoms with E-state index in [0.717, 1.165) is 10.6 Å². The summed E-state index contributed by atoms with van der Waals surface area (Å²) in [4.78, 5) is 38.7. The van der Waals surface area contributed by atoms with Crippen LogP contribution in [0.15, 0.2) is 53.4 Å². The first-order chi connectivity index (χ1) is 12.5. The molecular formula is C19H14ClNO4S. The predicted octanol–water partition coefficient (Wildman–Crippen LogP) is 3.69. The molecular weight excluding hydrogens is 374 g/mol. The molecule has 0 aromatic heterocycles. The first-order valence-electron chi connectivity index (χ1n) is 8.08. The van der Waals surface area contributed by atoms with Crippen LogP contribution in [0, 0.1) is 0 Å². The third kappa shape index (κ3) is 2.70. The van der Waals surface area contributed by atoms with Crippen LogP contribution < -0.4 is 4.90 Å². The van der Waals surface area contributed by atoms with Crippen LogP contribution in [0.2, 0.25) is 5.02 Å². The van der Waals surface area contributed by atoms with Gasteiger partial charge < -0.3 is 4.74 Å². The molecule has 2 heterocycles. The average molecular weight is 388 g/mol. The SMILES string of the molecule is O=C(COC(=O)[C@]12CCC(=O)N1c1ccccc1S2)c1ccc(Cl)cc1. The number of benzene rings is 2. The summed E-state index contributed by atoms with van der Waals surface area (Å²) in [5, 5.41) is 0.526. The standard InChI is InChI=1S/C19H14ClNO4S/c20-13-7-5-12(6-8-13)15(22)11-25-18(24)19-10-9-17(23)21(19)14-3-1-2-4-16(14)26-19/h1-8H,9-11H2/t19-/m1/s1. The minimum atomic E-state index is -1.11. The third-order valence-electron chi connectivity index (χ3n) is 4.49. The Kier molecular flexibility index (Phi) is 4.25. The van der Waals surface area contributed by atoms with E-state index in [0.29, 0.717) is 17.0 Å². The molecule has 0 saturated carbocycles. The van der Waals surface area contributed by atoms with Crippen LogP contribution in [0.25, 0.3) is 0 Å². The van der Waals surface area contributed by atoms with Crippen LogP contribution in [0.4, 0.5) is 5.69 Å². The number of esters is 1. The molecule has 0 radical (unpaired) electrons. The lowest BCUT2D eigenvalue weighted by Gasteiger charge is -2.28. The number of carbonyl (C=O) groups excluding carboxylic acids is 3. The summed E-state index contributed by atoms with van der Waals surface area (Å²) in [5.41, 5.74) is 1.14. The highest BCUT2D eigenvalue weighted by Crippen LogP contribution is 2.56. The Morgan fingerprint density at radius 1 is 1.15 bits per heavy atom. The largest absolute Gasteiger partial charge is 0.455 e. The number of nitrogens with zero attached hydrogens (tertiary/aromatic N) is 1. The molecule has 4 rings (SSSR count). The van der Waals surface area contributed by atoms with Gasteiger partial charge >= 0.3 is 5.97 Å². The monoisotopic (exact) mass is 387 g/mol. The van der Waals surface area contributed by atoms with Crippen LogP contribution in [-0.4, -0.2) is 29.1 Å².